The number of aliphatic hydroxyl groups is 1. The summed E-state index contributed by atoms with van der Waals surface area (Å²) in [6, 6.07) is 27.8. The molecule has 2 N–H and O–H groups in total. The maximum Gasteiger partial charge on any atom is 0.0962 e. The normalized spacial score (nSPS) is 15.4. The van der Waals surface area contributed by atoms with Gasteiger partial charge in [0, 0.05) is 6.04 Å². The molecule has 1 aliphatic carbocycles. The first kappa shape index (κ1) is 16.1. The maximum absolute atomic E-state index is 9.88. The highest BCUT2D eigenvalue weighted by Crippen LogP contribution is 2.50. The number of hydrogen-bond acceptors (Lipinski definition) is 2. The first-order chi connectivity index (χ1) is 12.3. The predicted molar refractivity (Wildman–Crippen MR) is 103 cm³/mol. The van der Waals surface area contributed by atoms with Gasteiger partial charge in [-0.2, -0.15) is 0 Å². The zero-order chi connectivity index (χ0) is 17.3. The Kier molecular flexibility index (Phi) is 4.16. The summed E-state index contributed by atoms with van der Waals surface area (Å²) >= 11 is 0. The SMILES string of the molecule is CC[C@@H](CO)NC1(c2ccccc2)c2ccccc2-c2ccccc21. The van der Waals surface area contributed by atoms with E-state index >= 15 is 0 Å². The highest BCUT2D eigenvalue weighted by atomic mass is 16.3. The molecule has 0 unspecified atom stereocenters. The molecule has 2 nitrogen and oxygen atoms in total. The van der Waals surface area contributed by atoms with Crippen LogP contribution < -0.4 is 5.32 Å². The summed E-state index contributed by atoms with van der Waals surface area (Å²) in [5.41, 5.74) is 5.82. The summed E-state index contributed by atoms with van der Waals surface area (Å²) < 4.78 is 0. The fourth-order valence-electron chi connectivity index (χ4n) is 4.06. The summed E-state index contributed by atoms with van der Waals surface area (Å²) in [5, 5.41) is 13.7. The van der Waals surface area contributed by atoms with E-state index in [1.54, 1.807) is 0 Å². The molecule has 25 heavy (non-hydrogen) atoms. The molecule has 0 amide bonds. The fourth-order valence-corrected chi connectivity index (χ4v) is 4.06. The average Bonchev–Trinajstić information content (AvgIpc) is 2.98. The molecular weight excluding hydrogens is 306 g/mol. The van der Waals surface area contributed by atoms with Crippen LogP contribution in [0.3, 0.4) is 0 Å². The largest absolute Gasteiger partial charge is 0.395 e. The van der Waals surface area contributed by atoms with Crippen molar-refractivity contribution in [3.63, 3.8) is 0 Å². The van der Waals surface area contributed by atoms with E-state index in [0.29, 0.717) is 0 Å². The second-order valence-corrected chi connectivity index (χ2v) is 6.64. The van der Waals surface area contributed by atoms with Crippen molar-refractivity contribution in [3.05, 3.63) is 95.6 Å². The summed E-state index contributed by atoms with van der Waals surface area (Å²) in [4.78, 5) is 0. The van der Waals surface area contributed by atoms with Crippen molar-refractivity contribution in [2.75, 3.05) is 6.61 Å². The average molecular weight is 329 g/mol. The van der Waals surface area contributed by atoms with Gasteiger partial charge < -0.3 is 5.11 Å². The van der Waals surface area contributed by atoms with Gasteiger partial charge in [0.1, 0.15) is 0 Å². The third kappa shape index (κ3) is 2.41. The van der Waals surface area contributed by atoms with Gasteiger partial charge in [-0.05, 0) is 34.2 Å². The molecule has 2 heteroatoms. The van der Waals surface area contributed by atoms with E-state index in [9.17, 15) is 5.11 Å². The van der Waals surface area contributed by atoms with Crippen molar-refractivity contribution in [1.29, 1.82) is 0 Å². The Labute approximate surface area is 149 Å². The topological polar surface area (TPSA) is 32.3 Å². The van der Waals surface area contributed by atoms with Crippen LogP contribution in [0.5, 0.6) is 0 Å². The van der Waals surface area contributed by atoms with Crippen LogP contribution in [0, 0.1) is 0 Å². The minimum Gasteiger partial charge on any atom is -0.395 e. The monoisotopic (exact) mass is 329 g/mol. The van der Waals surface area contributed by atoms with Gasteiger partial charge in [0.05, 0.1) is 12.1 Å². The van der Waals surface area contributed by atoms with E-state index in [4.69, 9.17) is 0 Å². The molecule has 3 aromatic rings. The number of benzene rings is 3. The molecule has 0 saturated carbocycles. The molecule has 1 atom stereocenters. The van der Waals surface area contributed by atoms with Crippen molar-refractivity contribution in [3.8, 4) is 11.1 Å². The highest BCUT2D eigenvalue weighted by Gasteiger charge is 2.45. The quantitative estimate of drug-likeness (QED) is 0.731. The van der Waals surface area contributed by atoms with Gasteiger partial charge in [0.15, 0.2) is 0 Å². The molecular formula is C23H23NO. The van der Waals surface area contributed by atoms with E-state index in [1.807, 2.05) is 6.07 Å². The van der Waals surface area contributed by atoms with Gasteiger partial charge >= 0.3 is 0 Å². The Hall–Kier alpha value is -2.42. The number of nitrogens with one attached hydrogen (secondary N) is 1. The molecule has 0 heterocycles. The number of aliphatic hydroxyl groups excluding tert-OH is 1. The smallest absolute Gasteiger partial charge is 0.0962 e. The number of fused-ring (bicyclic) bond motifs is 3. The molecule has 0 aliphatic heterocycles. The van der Waals surface area contributed by atoms with Crippen LogP contribution in [-0.4, -0.2) is 17.8 Å². The lowest BCUT2D eigenvalue weighted by Crippen LogP contribution is -2.49. The molecule has 126 valence electrons. The molecule has 0 bridgehead atoms. The molecule has 3 aromatic carbocycles. The summed E-state index contributed by atoms with van der Waals surface area (Å²) in [5.74, 6) is 0. The van der Waals surface area contributed by atoms with E-state index < -0.39 is 5.54 Å². The van der Waals surface area contributed by atoms with E-state index in [-0.39, 0.29) is 12.6 Å². The Morgan fingerprint density at radius 3 is 1.84 bits per heavy atom. The summed E-state index contributed by atoms with van der Waals surface area (Å²) in [7, 11) is 0. The molecule has 1 aliphatic rings. The second kappa shape index (κ2) is 6.47. The van der Waals surface area contributed by atoms with E-state index in [1.165, 1.54) is 27.8 Å². The Balaban J connectivity index is 2.04. The van der Waals surface area contributed by atoms with Gasteiger partial charge in [0.2, 0.25) is 0 Å². The van der Waals surface area contributed by atoms with Crippen LogP contribution in [0.4, 0.5) is 0 Å². The van der Waals surface area contributed by atoms with Crippen molar-refractivity contribution in [2.24, 2.45) is 0 Å². The van der Waals surface area contributed by atoms with Gasteiger partial charge in [-0.1, -0.05) is 85.8 Å². The minimum absolute atomic E-state index is 0.0272. The van der Waals surface area contributed by atoms with Crippen LogP contribution >= 0.6 is 0 Å². The molecule has 0 fully saturated rings. The lowest BCUT2D eigenvalue weighted by molar-refractivity contribution is 0.219. The first-order valence-corrected chi connectivity index (χ1v) is 8.94. The predicted octanol–water partition coefficient (Wildman–Crippen LogP) is 4.32. The first-order valence-electron chi connectivity index (χ1n) is 8.94. The molecule has 0 radical (unpaired) electrons. The standard InChI is InChI=1S/C23H23NO/c1-2-18(16-25)24-23(17-10-4-3-5-11-17)21-14-8-6-12-19(21)20-13-7-9-15-22(20)23/h3-15,18,24-25H,2,16H2,1H3/t18-/m0/s1. The molecule has 4 rings (SSSR count). The maximum atomic E-state index is 9.88. The van der Waals surface area contributed by atoms with Crippen LogP contribution in [0.2, 0.25) is 0 Å². The summed E-state index contributed by atoms with van der Waals surface area (Å²) in [6.45, 7) is 2.23. The van der Waals surface area contributed by atoms with E-state index in [2.05, 4.69) is 85.0 Å². The molecule has 0 aromatic heterocycles. The molecule has 0 saturated heterocycles. The van der Waals surface area contributed by atoms with Gasteiger partial charge in [0.25, 0.3) is 0 Å². The zero-order valence-electron chi connectivity index (χ0n) is 14.4. The Morgan fingerprint density at radius 1 is 0.800 bits per heavy atom. The van der Waals surface area contributed by atoms with Gasteiger partial charge in [-0.3, -0.25) is 5.32 Å². The van der Waals surface area contributed by atoms with Crippen molar-refractivity contribution >= 4 is 0 Å². The number of hydrogen-bond donors (Lipinski definition) is 2. The van der Waals surface area contributed by atoms with Crippen LogP contribution in [-0.2, 0) is 5.54 Å². The summed E-state index contributed by atoms with van der Waals surface area (Å²) in [6.07, 6.45) is 0.870. The van der Waals surface area contributed by atoms with Crippen LogP contribution in [0.15, 0.2) is 78.9 Å². The lowest BCUT2D eigenvalue weighted by atomic mass is 9.80. The minimum atomic E-state index is -0.433. The Morgan fingerprint density at radius 2 is 1.32 bits per heavy atom. The Bertz CT molecular complexity index is 823. The third-order valence-electron chi connectivity index (χ3n) is 5.29. The zero-order valence-corrected chi connectivity index (χ0v) is 14.4. The fraction of sp³-hybridized carbons (Fsp3) is 0.217. The van der Waals surface area contributed by atoms with Crippen LogP contribution in [0.1, 0.15) is 30.0 Å². The van der Waals surface area contributed by atoms with Gasteiger partial charge in [-0.15, -0.1) is 0 Å². The highest BCUT2D eigenvalue weighted by molar-refractivity contribution is 5.83. The van der Waals surface area contributed by atoms with Gasteiger partial charge in [-0.25, -0.2) is 0 Å². The third-order valence-corrected chi connectivity index (χ3v) is 5.29. The van der Waals surface area contributed by atoms with E-state index in [0.717, 1.165) is 6.42 Å². The lowest BCUT2D eigenvalue weighted by Gasteiger charge is -2.37. The van der Waals surface area contributed by atoms with Crippen molar-refractivity contribution < 1.29 is 5.11 Å². The van der Waals surface area contributed by atoms with Crippen LogP contribution in [0.25, 0.3) is 11.1 Å². The van der Waals surface area contributed by atoms with Crippen molar-refractivity contribution in [2.45, 2.75) is 24.9 Å². The number of rotatable bonds is 5. The van der Waals surface area contributed by atoms with Crippen molar-refractivity contribution in [1.82, 2.24) is 5.32 Å². The molecule has 0 spiro atoms. The second-order valence-electron chi connectivity index (χ2n) is 6.64.